The summed E-state index contributed by atoms with van der Waals surface area (Å²) in [4.78, 5) is 0. The van der Waals surface area contributed by atoms with Gasteiger partial charge >= 0.3 is 0 Å². The standard InChI is InChI=1S/C5H6N2O2S/c1-2-10(8,9)5(3-6)4-7/h5H,2H2,1H3. The smallest absolute Gasteiger partial charge is 0.226 e. The molecule has 54 valence electrons. The summed E-state index contributed by atoms with van der Waals surface area (Å²) in [6, 6.07) is 2.79. The van der Waals surface area contributed by atoms with E-state index in [1.165, 1.54) is 19.1 Å². The van der Waals surface area contributed by atoms with Crippen LogP contribution in [0.5, 0.6) is 0 Å². The first kappa shape index (κ1) is 8.93. The summed E-state index contributed by atoms with van der Waals surface area (Å²) < 4.78 is 21.4. The van der Waals surface area contributed by atoms with Gasteiger partial charge in [0.25, 0.3) is 0 Å². The fraction of sp³-hybridized carbons (Fsp3) is 0.600. The molecule has 0 aromatic heterocycles. The van der Waals surface area contributed by atoms with Crippen molar-refractivity contribution in [2.75, 3.05) is 5.75 Å². The summed E-state index contributed by atoms with van der Waals surface area (Å²) in [5, 5.41) is 14.8. The van der Waals surface area contributed by atoms with E-state index in [0.29, 0.717) is 0 Å². The minimum atomic E-state index is -3.48. The Morgan fingerprint density at radius 2 is 1.80 bits per heavy atom. The summed E-state index contributed by atoms with van der Waals surface area (Å²) in [6.07, 6.45) is 0. The lowest BCUT2D eigenvalue weighted by Crippen LogP contribution is -2.19. The molecule has 10 heavy (non-hydrogen) atoms. The number of nitriles is 2. The van der Waals surface area contributed by atoms with E-state index in [2.05, 4.69) is 0 Å². The SMILES string of the molecule is CCS(=O)(=O)C(C#N)C#N. The highest BCUT2D eigenvalue weighted by Crippen LogP contribution is 1.98. The van der Waals surface area contributed by atoms with Gasteiger partial charge in [-0.2, -0.15) is 10.5 Å². The molecule has 0 rings (SSSR count). The lowest BCUT2D eigenvalue weighted by Gasteiger charge is -1.96. The third-order valence-electron chi connectivity index (χ3n) is 0.996. The number of hydrogen-bond donors (Lipinski definition) is 0. The molecule has 0 atom stereocenters. The van der Waals surface area contributed by atoms with E-state index in [9.17, 15) is 8.42 Å². The highest BCUT2D eigenvalue weighted by atomic mass is 32.2. The first-order chi connectivity index (χ1) is 4.58. The normalized spacial score (nSPS) is 10.4. The number of nitrogens with zero attached hydrogens (tertiary/aromatic N) is 2. The third-order valence-corrected chi connectivity index (χ3v) is 2.73. The zero-order valence-corrected chi connectivity index (χ0v) is 6.22. The highest BCUT2D eigenvalue weighted by Gasteiger charge is 2.21. The molecule has 0 N–H and O–H groups in total. The topological polar surface area (TPSA) is 81.7 Å². The summed E-state index contributed by atoms with van der Waals surface area (Å²) in [5.74, 6) is -0.168. The van der Waals surface area contributed by atoms with Gasteiger partial charge in [0.1, 0.15) is 0 Å². The summed E-state index contributed by atoms with van der Waals surface area (Å²) in [7, 11) is -3.48. The van der Waals surface area contributed by atoms with Crippen LogP contribution >= 0.6 is 0 Å². The van der Waals surface area contributed by atoms with Gasteiger partial charge in [0.2, 0.25) is 5.25 Å². The van der Waals surface area contributed by atoms with Crippen LogP contribution in [0.1, 0.15) is 6.92 Å². The Morgan fingerprint density at radius 3 is 1.90 bits per heavy atom. The second-order valence-corrected chi connectivity index (χ2v) is 3.96. The Bertz CT molecular complexity index is 266. The van der Waals surface area contributed by atoms with Gasteiger partial charge in [0.15, 0.2) is 9.84 Å². The predicted molar refractivity (Wildman–Crippen MR) is 34.5 cm³/mol. The molecule has 0 saturated heterocycles. The Kier molecular flexibility index (Phi) is 2.85. The highest BCUT2D eigenvalue weighted by molar-refractivity contribution is 7.92. The third kappa shape index (κ3) is 1.71. The van der Waals surface area contributed by atoms with Crippen LogP contribution in [0.25, 0.3) is 0 Å². The monoisotopic (exact) mass is 158 g/mol. The van der Waals surface area contributed by atoms with Gasteiger partial charge in [-0.3, -0.25) is 0 Å². The number of hydrogen-bond acceptors (Lipinski definition) is 4. The minimum absolute atomic E-state index is 0.168. The predicted octanol–water partition coefficient (Wildman–Crippen LogP) is -0.163. The van der Waals surface area contributed by atoms with Crippen molar-refractivity contribution in [3.05, 3.63) is 0 Å². The van der Waals surface area contributed by atoms with Crippen LogP contribution in [0, 0.1) is 22.7 Å². The Hall–Kier alpha value is -1.07. The maximum atomic E-state index is 10.7. The van der Waals surface area contributed by atoms with Crippen LogP contribution in [0.3, 0.4) is 0 Å². The van der Waals surface area contributed by atoms with E-state index in [0.717, 1.165) is 0 Å². The van der Waals surface area contributed by atoms with Gasteiger partial charge in [0, 0.05) is 5.75 Å². The quantitative estimate of drug-likeness (QED) is 0.559. The van der Waals surface area contributed by atoms with Crippen LogP contribution in [0.4, 0.5) is 0 Å². The van der Waals surface area contributed by atoms with Gasteiger partial charge in [0.05, 0.1) is 12.1 Å². The van der Waals surface area contributed by atoms with Crippen molar-refractivity contribution in [3.8, 4) is 12.1 Å². The molecule has 0 heterocycles. The second kappa shape index (κ2) is 3.19. The van der Waals surface area contributed by atoms with Crippen LogP contribution in [-0.2, 0) is 9.84 Å². The summed E-state index contributed by atoms with van der Waals surface area (Å²) >= 11 is 0. The van der Waals surface area contributed by atoms with E-state index in [1.807, 2.05) is 0 Å². The van der Waals surface area contributed by atoms with Crippen LogP contribution in [0.15, 0.2) is 0 Å². The molecule has 0 saturated carbocycles. The number of sulfone groups is 1. The minimum Gasteiger partial charge on any atom is -0.226 e. The van der Waals surface area contributed by atoms with Crippen molar-refractivity contribution in [3.63, 3.8) is 0 Å². The van der Waals surface area contributed by atoms with Gasteiger partial charge in [-0.1, -0.05) is 6.92 Å². The molecule has 0 aliphatic heterocycles. The van der Waals surface area contributed by atoms with E-state index < -0.39 is 15.1 Å². The molecule has 0 aliphatic carbocycles. The van der Waals surface area contributed by atoms with E-state index in [1.54, 1.807) is 0 Å². The second-order valence-electron chi connectivity index (χ2n) is 1.59. The molecule has 0 bridgehead atoms. The fourth-order valence-corrected chi connectivity index (χ4v) is 1.01. The van der Waals surface area contributed by atoms with Gasteiger partial charge in [-0.25, -0.2) is 8.42 Å². The lowest BCUT2D eigenvalue weighted by molar-refractivity contribution is 0.596. The molecule has 0 unspecified atom stereocenters. The molecule has 4 nitrogen and oxygen atoms in total. The molecule has 0 amide bonds. The molecular weight excluding hydrogens is 152 g/mol. The van der Waals surface area contributed by atoms with Crippen molar-refractivity contribution in [1.29, 1.82) is 10.5 Å². The van der Waals surface area contributed by atoms with Crippen molar-refractivity contribution in [2.24, 2.45) is 0 Å². The van der Waals surface area contributed by atoms with Crippen molar-refractivity contribution in [2.45, 2.75) is 12.2 Å². The van der Waals surface area contributed by atoms with E-state index >= 15 is 0 Å². The van der Waals surface area contributed by atoms with Crippen LogP contribution < -0.4 is 0 Å². The average molecular weight is 158 g/mol. The van der Waals surface area contributed by atoms with Gasteiger partial charge < -0.3 is 0 Å². The molecule has 0 spiro atoms. The van der Waals surface area contributed by atoms with Crippen LogP contribution in [0.2, 0.25) is 0 Å². The van der Waals surface area contributed by atoms with Crippen molar-refractivity contribution in [1.82, 2.24) is 0 Å². The maximum absolute atomic E-state index is 10.7. The zero-order valence-electron chi connectivity index (χ0n) is 5.40. The molecule has 0 aromatic carbocycles. The van der Waals surface area contributed by atoms with Crippen molar-refractivity contribution < 1.29 is 8.42 Å². The summed E-state index contributed by atoms with van der Waals surface area (Å²) in [6.45, 7) is 1.40. The largest absolute Gasteiger partial charge is 0.233 e. The molecule has 0 aromatic rings. The Labute approximate surface area is 59.6 Å². The number of rotatable bonds is 2. The van der Waals surface area contributed by atoms with E-state index in [-0.39, 0.29) is 5.75 Å². The van der Waals surface area contributed by atoms with Crippen molar-refractivity contribution >= 4 is 9.84 Å². The van der Waals surface area contributed by atoms with Gasteiger partial charge in [-0.05, 0) is 0 Å². The molecular formula is C5H6N2O2S. The molecule has 0 radical (unpaired) electrons. The Balaban J connectivity index is 4.71. The first-order valence-electron chi connectivity index (χ1n) is 2.59. The molecule has 5 heteroatoms. The molecule has 0 fully saturated rings. The maximum Gasteiger partial charge on any atom is 0.233 e. The summed E-state index contributed by atoms with van der Waals surface area (Å²) in [5.41, 5.74) is 0. The zero-order chi connectivity index (χ0) is 8.20. The molecule has 0 aliphatic rings. The Morgan fingerprint density at radius 1 is 1.40 bits per heavy atom. The fourth-order valence-electron chi connectivity index (χ4n) is 0.356. The first-order valence-corrected chi connectivity index (χ1v) is 4.30. The van der Waals surface area contributed by atoms with Crippen LogP contribution in [-0.4, -0.2) is 19.4 Å². The lowest BCUT2D eigenvalue weighted by atomic mass is 10.5. The van der Waals surface area contributed by atoms with Gasteiger partial charge in [-0.15, -0.1) is 0 Å². The average Bonchev–Trinajstić information content (AvgIpc) is 1.90. The van der Waals surface area contributed by atoms with E-state index in [4.69, 9.17) is 10.5 Å².